The lowest BCUT2D eigenvalue weighted by Gasteiger charge is -2.45. The Morgan fingerprint density at radius 3 is 2.70 bits per heavy atom. The van der Waals surface area contributed by atoms with Crippen molar-refractivity contribution >= 4 is 29.3 Å². The molecule has 4 rings (SSSR count). The minimum atomic E-state index is -0.273. The average Bonchev–Trinajstić information content (AvgIpc) is 2.77. The monoisotopic (exact) mass is 354 g/mol. The van der Waals surface area contributed by atoms with E-state index in [0.29, 0.717) is 10.0 Å². The first kappa shape index (κ1) is 15.8. The third kappa shape index (κ3) is 2.78. The summed E-state index contributed by atoms with van der Waals surface area (Å²) < 4.78 is 12.2. The van der Waals surface area contributed by atoms with Crippen LogP contribution < -0.4 is 9.64 Å². The van der Waals surface area contributed by atoms with Gasteiger partial charge in [-0.3, -0.25) is 4.90 Å². The Hall–Kier alpha value is -0.740. The summed E-state index contributed by atoms with van der Waals surface area (Å²) in [4.78, 5) is 1.48. The zero-order valence-electron chi connectivity index (χ0n) is 13.2. The fourth-order valence-corrected chi connectivity index (χ4v) is 4.74. The zero-order chi connectivity index (χ0) is 15.9. The van der Waals surface area contributed by atoms with E-state index in [4.69, 9.17) is 32.7 Å². The summed E-state index contributed by atoms with van der Waals surface area (Å²) >= 11 is 12.6. The molecule has 23 heavy (non-hydrogen) atoms. The number of rotatable bonds is 1. The molecule has 0 spiro atoms. The van der Waals surface area contributed by atoms with Gasteiger partial charge in [0.25, 0.3) is 5.72 Å². The van der Waals surface area contributed by atoms with Gasteiger partial charge >= 0.3 is 0 Å². The summed E-state index contributed by atoms with van der Waals surface area (Å²) in [6.45, 7) is 3.57. The van der Waals surface area contributed by atoms with Gasteiger partial charge in [-0.15, -0.1) is 0 Å². The Kier molecular flexibility index (Phi) is 4.31. The Balaban J connectivity index is 1.81. The molecule has 1 aliphatic carbocycles. The first-order valence-electron chi connectivity index (χ1n) is 8.51. The number of benzene rings is 1. The molecule has 3 aliphatic rings. The number of fused-ring (bicyclic) bond motifs is 2. The molecule has 1 atom stereocenters. The van der Waals surface area contributed by atoms with E-state index in [-0.39, 0.29) is 5.72 Å². The van der Waals surface area contributed by atoms with E-state index < -0.39 is 0 Å². The van der Waals surface area contributed by atoms with Gasteiger partial charge in [0, 0.05) is 22.6 Å². The Morgan fingerprint density at radius 1 is 1.04 bits per heavy atom. The second-order valence-electron chi connectivity index (χ2n) is 6.68. The molecule has 2 aliphatic heterocycles. The molecule has 1 saturated carbocycles. The van der Waals surface area contributed by atoms with Crippen molar-refractivity contribution in [1.29, 1.82) is 0 Å². The maximum atomic E-state index is 6.68. The van der Waals surface area contributed by atoms with Crippen LogP contribution in [0.4, 0.5) is 0 Å². The van der Waals surface area contributed by atoms with Crippen LogP contribution in [0, 0.1) is 0 Å². The molecular formula is C18H22Cl2NO2+. The van der Waals surface area contributed by atoms with Crippen molar-refractivity contribution in [3.05, 3.63) is 33.3 Å². The molecule has 2 heterocycles. The first-order valence-corrected chi connectivity index (χ1v) is 9.27. The number of hydrogen-bond acceptors (Lipinski definition) is 2. The second-order valence-corrected chi connectivity index (χ2v) is 7.52. The van der Waals surface area contributed by atoms with Gasteiger partial charge < -0.3 is 9.47 Å². The van der Waals surface area contributed by atoms with Crippen LogP contribution in [0.2, 0.25) is 10.0 Å². The van der Waals surface area contributed by atoms with Crippen molar-refractivity contribution in [3.8, 4) is 5.75 Å². The fraction of sp³-hybridized carbons (Fsp3) is 0.556. The normalized spacial score (nSPS) is 28.2. The van der Waals surface area contributed by atoms with Crippen molar-refractivity contribution < 1.29 is 14.4 Å². The highest BCUT2D eigenvalue weighted by atomic mass is 35.5. The third-order valence-corrected chi connectivity index (χ3v) is 5.80. The van der Waals surface area contributed by atoms with Crippen LogP contribution in [-0.2, 0) is 4.74 Å². The minimum Gasteiger partial charge on any atom is -0.434 e. The largest absolute Gasteiger partial charge is 0.434 e. The van der Waals surface area contributed by atoms with Crippen molar-refractivity contribution in [2.45, 2.75) is 37.8 Å². The lowest BCUT2D eigenvalue weighted by atomic mass is 9.90. The standard InChI is InChI=1S/C18H21Cl2NO2/c19-15-11-13-10-14-4-2-1-3-5-18(14,21-6-8-22-9-7-21)23-17(13)16(20)12-15/h10-12H,1-9H2/p+1/t18-/m0/s1. The van der Waals surface area contributed by atoms with Crippen molar-refractivity contribution in [2.75, 3.05) is 26.3 Å². The van der Waals surface area contributed by atoms with Crippen LogP contribution >= 0.6 is 23.2 Å². The zero-order valence-corrected chi connectivity index (χ0v) is 14.7. The quantitative estimate of drug-likeness (QED) is 0.835. The highest BCUT2D eigenvalue weighted by molar-refractivity contribution is 6.36. The highest BCUT2D eigenvalue weighted by Gasteiger charge is 2.50. The van der Waals surface area contributed by atoms with E-state index in [2.05, 4.69) is 6.08 Å². The summed E-state index contributed by atoms with van der Waals surface area (Å²) in [6.07, 6.45) is 8.11. The molecule has 5 heteroatoms. The number of morpholine rings is 1. The number of nitrogens with one attached hydrogen (secondary N) is 1. The van der Waals surface area contributed by atoms with Crippen LogP contribution in [0.1, 0.15) is 37.7 Å². The molecule has 2 fully saturated rings. The fourth-order valence-electron chi connectivity index (χ4n) is 4.19. The van der Waals surface area contributed by atoms with Gasteiger partial charge in [0.1, 0.15) is 13.1 Å². The summed E-state index contributed by atoms with van der Waals surface area (Å²) in [6, 6.07) is 3.74. The molecule has 3 nitrogen and oxygen atoms in total. The van der Waals surface area contributed by atoms with E-state index in [1.165, 1.54) is 29.7 Å². The number of hydrogen-bond donors (Lipinski definition) is 1. The molecule has 1 saturated heterocycles. The average molecular weight is 355 g/mol. The maximum Gasteiger partial charge on any atom is 0.264 e. The molecular weight excluding hydrogens is 333 g/mol. The predicted octanol–water partition coefficient (Wildman–Crippen LogP) is 3.34. The lowest BCUT2D eigenvalue weighted by molar-refractivity contribution is -0.974. The van der Waals surface area contributed by atoms with Gasteiger partial charge in [0.15, 0.2) is 5.75 Å². The summed E-state index contributed by atoms with van der Waals surface area (Å²) in [5.74, 6) is 0.792. The predicted molar refractivity (Wildman–Crippen MR) is 92.4 cm³/mol. The molecule has 1 aromatic carbocycles. The van der Waals surface area contributed by atoms with E-state index in [0.717, 1.165) is 50.5 Å². The molecule has 1 N–H and O–H groups in total. The molecule has 1 aromatic rings. The van der Waals surface area contributed by atoms with Crippen molar-refractivity contribution in [3.63, 3.8) is 0 Å². The highest BCUT2D eigenvalue weighted by Crippen LogP contribution is 2.44. The molecule has 0 bridgehead atoms. The summed E-state index contributed by atoms with van der Waals surface area (Å²) in [7, 11) is 0. The van der Waals surface area contributed by atoms with Crippen molar-refractivity contribution in [1.82, 2.24) is 0 Å². The molecule has 124 valence electrons. The smallest absolute Gasteiger partial charge is 0.264 e. The summed E-state index contributed by atoms with van der Waals surface area (Å²) in [5.41, 5.74) is 2.14. The maximum absolute atomic E-state index is 6.68. The summed E-state index contributed by atoms with van der Waals surface area (Å²) in [5, 5.41) is 1.27. The van der Waals surface area contributed by atoms with Gasteiger partial charge in [-0.1, -0.05) is 29.6 Å². The molecule has 0 radical (unpaired) electrons. The second kappa shape index (κ2) is 6.29. The number of halogens is 2. The topological polar surface area (TPSA) is 22.9 Å². The Labute approximate surface area is 147 Å². The van der Waals surface area contributed by atoms with E-state index in [1.54, 1.807) is 6.07 Å². The van der Waals surface area contributed by atoms with E-state index in [9.17, 15) is 0 Å². The van der Waals surface area contributed by atoms with Crippen molar-refractivity contribution in [2.24, 2.45) is 0 Å². The van der Waals surface area contributed by atoms with Crippen LogP contribution in [0.3, 0.4) is 0 Å². The molecule has 0 amide bonds. The SMILES string of the molecule is Clc1cc(Cl)c2c(c1)C=C1CCCCC[C@]1([NH+]1CCOCC1)O2. The van der Waals surface area contributed by atoms with Gasteiger partial charge in [0.05, 0.1) is 18.2 Å². The van der Waals surface area contributed by atoms with Crippen LogP contribution in [0.5, 0.6) is 5.75 Å². The van der Waals surface area contributed by atoms with Crippen LogP contribution in [-0.4, -0.2) is 32.0 Å². The van der Waals surface area contributed by atoms with Gasteiger partial charge in [-0.25, -0.2) is 0 Å². The number of ether oxygens (including phenoxy) is 2. The van der Waals surface area contributed by atoms with E-state index >= 15 is 0 Å². The Bertz CT molecular complexity index is 640. The van der Waals surface area contributed by atoms with E-state index in [1.807, 2.05) is 6.07 Å². The van der Waals surface area contributed by atoms with Gasteiger partial charge in [-0.2, -0.15) is 0 Å². The number of quaternary nitrogens is 1. The van der Waals surface area contributed by atoms with Gasteiger partial charge in [0.2, 0.25) is 0 Å². The third-order valence-electron chi connectivity index (χ3n) is 5.30. The van der Waals surface area contributed by atoms with Crippen LogP contribution in [0.25, 0.3) is 6.08 Å². The Morgan fingerprint density at radius 2 is 1.87 bits per heavy atom. The minimum absolute atomic E-state index is 0.273. The molecule has 0 unspecified atom stereocenters. The molecule has 0 aromatic heterocycles. The first-order chi connectivity index (χ1) is 11.2. The lowest BCUT2D eigenvalue weighted by Crippen LogP contribution is -3.23. The van der Waals surface area contributed by atoms with Gasteiger partial charge in [-0.05, 0) is 37.5 Å². The van der Waals surface area contributed by atoms with Crippen LogP contribution in [0.15, 0.2) is 17.7 Å².